The largest absolute Gasteiger partial charge is 0.490 e. The van der Waals surface area contributed by atoms with Crippen molar-refractivity contribution in [3.05, 3.63) is 57.5 Å². The Morgan fingerprint density at radius 1 is 1.24 bits per heavy atom. The maximum absolute atomic E-state index is 13.9. The summed E-state index contributed by atoms with van der Waals surface area (Å²) in [5.41, 5.74) is 8.86. The summed E-state index contributed by atoms with van der Waals surface area (Å²) in [6.45, 7) is 6.33. The van der Waals surface area contributed by atoms with E-state index in [9.17, 15) is 14.0 Å². The van der Waals surface area contributed by atoms with Gasteiger partial charge in [-0.3, -0.25) is 9.59 Å². The number of aryl methyl sites for hydroxylation is 2. The molecular weight excluding hydrogens is 449 g/mol. The average molecular weight is 474 g/mol. The molecule has 2 aliphatic heterocycles. The number of ether oxygens (including phenoxy) is 1. The predicted octanol–water partition coefficient (Wildman–Crippen LogP) is 2.71. The van der Waals surface area contributed by atoms with E-state index in [4.69, 9.17) is 22.1 Å². The number of aromatic nitrogens is 2. The van der Waals surface area contributed by atoms with Crippen LogP contribution in [-0.2, 0) is 4.79 Å². The highest BCUT2D eigenvalue weighted by Crippen LogP contribution is 2.29. The molecule has 2 amide bonds. The topological polar surface area (TPSA) is 102 Å². The SMILES string of the molecule is CC(=O)N1CC[C@@H]1COc1cc(F)ccc1C(=O)N1CC(N)=C(c2nc(C)c(Cl)c(C)n2)C1. The molecule has 4 rings (SSSR count). The summed E-state index contributed by atoms with van der Waals surface area (Å²) in [5, 5.41) is 0.492. The van der Waals surface area contributed by atoms with E-state index in [-0.39, 0.29) is 48.9 Å². The second-order valence-electron chi connectivity index (χ2n) is 8.30. The molecule has 0 radical (unpaired) electrons. The van der Waals surface area contributed by atoms with E-state index in [2.05, 4.69) is 9.97 Å². The zero-order chi connectivity index (χ0) is 23.9. The summed E-state index contributed by atoms with van der Waals surface area (Å²) in [5.74, 6) is -0.323. The summed E-state index contributed by atoms with van der Waals surface area (Å²) in [6.07, 6.45) is 0.800. The van der Waals surface area contributed by atoms with Crippen LogP contribution >= 0.6 is 11.6 Å². The Bertz CT molecular complexity index is 1150. The zero-order valence-electron chi connectivity index (χ0n) is 18.7. The molecular formula is C23H25ClFN5O3. The fraction of sp³-hybridized carbons (Fsp3) is 0.391. The van der Waals surface area contributed by atoms with Crippen molar-refractivity contribution in [3.8, 4) is 5.75 Å². The highest BCUT2D eigenvalue weighted by Gasteiger charge is 2.32. The first-order chi connectivity index (χ1) is 15.7. The van der Waals surface area contributed by atoms with Gasteiger partial charge >= 0.3 is 0 Å². The van der Waals surface area contributed by atoms with Gasteiger partial charge in [-0.05, 0) is 32.4 Å². The zero-order valence-corrected chi connectivity index (χ0v) is 19.4. The molecule has 1 aromatic heterocycles. The normalized spacial score (nSPS) is 17.9. The van der Waals surface area contributed by atoms with Crippen LogP contribution in [0, 0.1) is 19.7 Å². The van der Waals surface area contributed by atoms with Gasteiger partial charge in [0.2, 0.25) is 5.91 Å². The van der Waals surface area contributed by atoms with Crippen LogP contribution in [0.15, 0.2) is 23.9 Å². The van der Waals surface area contributed by atoms with Gasteiger partial charge in [0.15, 0.2) is 5.82 Å². The van der Waals surface area contributed by atoms with Crippen LogP contribution in [0.1, 0.15) is 40.9 Å². The lowest BCUT2D eigenvalue weighted by Crippen LogP contribution is -2.53. The summed E-state index contributed by atoms with van der Waals surface area (Å²) >= 11 is 6.17. The van der Waals surface area contributed by atoms with Crippen molar-refractivity contribution < 1.29 is 18.7 Å². The summed E-state index contributed by atoms with van der Waals surface area (Å²) in [4.78, 5) is 37.0. The molecule has 174 valence electrons. The first-order valence-corrected chi connectivity index (χ1v) is 11.0. The maximum atomic E-state index is 13.9. The Kier molecular flexibility index (Phi) is 6.25. The van der Waals surface area contributed by atoms with Crippen LogP contribution in [-0.4, -0.2) is 63.9 Å². The molecule has 1 saturated heterocycles. The smallest absolute Gasteiger partial charge is 0.258 e. The third-order valence-corrected chi connectivity index (χ3v) is 6.54. The molecule has 0 aliphatic carbocycles. The third kappa shape index (κ3) is 4.50. The van der Waals surface area contributed by atoms with Gasteiger partial charge in [-0.2, -0.15) is 0 Å². The molecule has 0 saturated carbocycles. The van der Waals surface area contributed by atoms with E-state index in [0.29, 0.717) is 40.0 Å². The molecule has 2 N–H and O–H groups in total. The van der Waals surface area contributed by atoms with E-state index in [0.717, 1.165) is 6.42 Å². The molecule has 1 fully saturated rings. The van der Waals surface area contributed by atoms with E-state index < -0.39 is 5.82 Å². The number of carbonyl (C=O) groups is 2. The van der Waals surface area contributed by atoms with E-state index in [1.165, 1.54) is 25.1 Å². The van der Waals surface area contributed by atoms with Crippen LogP contribution < -0.4 is 10.5 Å². The second kappa shape index (κ2) is 8.97. The predicted molar refractivity (Wildman–Crippen MR) is 121 cm³/mol. The van der Waals surface area contributed by atoms with Gasteiger partial charge in [0.1, 0.15) is 18.2 Å². The fourth-order valence-electron chi connectivity index (χ4n) is 4.02. The van der Waals surface area contributed by atoms with Gasteiger partial charge in [-0.25, -0.2) is 14.4 Å². The van der Waals surface area contributed by atoms with Crippen molar-refractivity contribution in [3.63, 3.8) is 0 Å². The Balaban J connectivity index is 1.51. The Labute approximate surface area is 196 Å². The molecule has 0 bridgehead atoms. The minimum Gasteiger partial charge on any atom is -0.490 e. The number of carbonyl (C=O) groups excluding carboxylic acids is 2. The van der Waals surface area contributed by atoms with E-state index in [1.54, 1.807) is 23.6 Å². The van der Waals surface area contributed by atoms with E-state index >= 15 is 0 Å². The monoisotopic (exact) mass is 473 g/mol. The van der Waals surface area contributed by atoms with Crippen LogP contribution in [0.5, 0.6) is 5.75 Å². The summed E-state index contributed by atoms with van der Waals surface area (Å²) in [6, 6.07) is 3.72. The quantitative estimate of drug-likeness (QED) is 0.716. The minimum atomic E-state index is -0.515. The Hall–Kier alpha value is -3.20. The number of benzene rings is 1. The van der Waals surface area contributed by atoms with Gasteiger partial charge in [0.05, 0.1) is 41.1 Å². The van der Waals surface area contributed by atoms with Crippen molar-refractivity contribution in [2.45, 2.75) is 33.2 Å². The third-order valence-electron chi connectivity index (χ3n) is 5.99. The molecule has 3 heterocycles. The Morgan fingerprint density at radius 3 is 2.55 bits per heavy atom. The Morgan fingerprint density at radius 2 is 1.94 bits per heavy atom. The molecule has 1 aromatic carbocycles. The lowest BCUT2D eigenvalue weighted by Gasteiger charge is -2.40. The number of likely N-dealkylation sites (tertiary alicyclic amines) is 1. The van der Waals surface area contributed by atoms with Gasteiger partial charge in [0, 0.05) is 30.8 Å². The molecule has 33 heavy (non-hydrogen) atoms. The number of amides is 2. The highest BCUT2D eigenvalue weighted by atomic mass is 35.5. The molecule has 8 nitrogen and oxygen atoms in total. The number of halogens is 2. The number of nitrogens with two attached hydrogens (primary N) is 1. The second-order valence-corrected chi connectivity index (χ2v) is 8.68. The number of hydrogen-bond acceptors (Lipinski definition) is 6. The minimum absolute atomic E-state index is 0.0357. The molecule has 0 spiro atoms. The van der Waals surface area contributed by atoms with Gasteiger partial charge in [-0.15, -0.1) is 0 Å². The van der Waals surface area contributed by atoms with E-state index in [1.807, 2.05) is 0 Å². The lowest BCUT2D eigenvalue weighted by atomic mass is 10.0. The maximum Gasteiger partial charge on any atom is 0.258 e. The van der Waals surface area contributed by atoms with Gasteiger partial charge in [0.25, 0.3) is 5.91 Å². The fourth-order valence-corrected chi connectivity index (χ4v) is 4.11. The van der Waals surface area contributed by atoms with Gasteiger partial charge < -0.3 is 20.3 Å². The van der Waals surface area contributed by atoms with Crippen molar-refractivity contribution in [2.75, 3.05) is 26.2 Å². The lowest BCUT2D eigenvalue weighted by molar-refractivity contribution is -0.137. The van der Waals surface area contributed by atoms with Crippen LogP contribution in [0.25, 0.3) is 5.57 Å². The summed E-state index contributed by atoms with van der Waals surface area (Å²) in [7, 11) is 0. The summed E-state index contributed by atoms with van der Waals surface area (Å²) < 4.78 is 19.7. The molecule has 0 unspecified atom stereocenters. The standard InChI is InChI=1S/C23H25ClFN5O3/c1-12-21(24)13(2)28-22(27-12)18-9-29(10-19(18)26)23(32)17-5-4-15(25)8-20(17)33-11-16-6-7-30(16)14(3)31/h4-5,8,16H,6-7,9-11,26H2,1-3H3/t16-/m1/s1. The van der Waals surface area contributed by atoms with Crippen LogP contribution in [0.2, 0.25) is 5.02 Å². The van der Waals surface area contributed by atoms with Crippen LogP contribution in [0.3, 0.4) is 0 Å². The first kappa shape index (κ1) is 23.0. The number of nitrogens with zero attached hydrogens (tertiary/aromatic N) is 4. The molecule has 10 heteroatoms. The van der Waals surface area contributed by atoms with Crippen molar-refractivity contribution in [1.29, 1.82) is 0 Å². The average Bonchev–Trinajstić information content (AvgIpc) is 3.12. The van der Waals surface area contributed by atoms with Crippen LogP contribution in [0.4, 0.5) is 4.39 Å². The number of rotatable bonds is 5. The molecule has 2 aromatic rings. The van der Waals surface area contributed by atoms with Crippen molar-refractivity contribution >= 4 is 29.0 Å². The first-order valence-electron chi connectivity index (χ1n) is 10.6. The highest BCUT2D eigenvalue weighted by molar-refractivity contribution is 6.31. The molecule has 2 aliphatic rings. The van der Waals surface area contributed by atoms with Crippen molar-refractivity contribution in [1.82, 2.24) is 19.8 Å². The van der Waals surface area contributed by atoms with Crippen molar-refractivity contribution in [2.24, 2.45) is 5.73 Å². The number of hydrogen-bond donors (Lipinski definition) is 1. The van der Waals surface area contributed by atoms with Gasteiger partial charge in [-0.1, -0.05) is 11.6 Å². The molecule has 1 atom stereocenters.